The Morgan fingerprint density at radius 1 is 1.00 bits per heavy atom. The van der Waals surface area contributed by atoms with E-state index >= 15 is 0 Å². The van der Waals surface area contributed by atoms with Crippen LogP contribution in [0.3, 0.4) is 0 Å². The third kappa shape index (κ3) is 21.5. The number of rotatable bonds is 0. The van der Waals surface area contributed by atoms with E-state index < -0.39 is 0 Å². The van der Waals surface area contributed by atoms with E-state index in [2.05, 4.69) is 11.9 Å². The summed E-state index contributed by atoms with van der Waals surface area (Å²) in [5.41, 5.74) is 0. The van der Waals surface area contributed by atoms with Crippen molar-refractivity contribution >= 4 is 60.7 Å². The topological polar surface area (TPSA) is 20.2 Å². The van der Waals surface area contributed by atoms with Crippen molar-refractivity contribution in [1.82, 2.24) is 0 Å². The molecule has 0 aliphatic rings. The van der Waals surface area contributed by atoms with E-state index in [0.29, 0.717) is 0 Å². The van der Waals surface area contributed by atoms with Crippen molar-refractivity contribution in [2.24, 2.45) is 0 Å². The van der Waals surface area contributed by atoms with Crippen LogP contribution in [0.15, 0.2) is 0 Å². The van der Waals surface area contributed by atoms with Crippen LogP contribution in [0.2, 0.25) is 0 Å². The molecule has 0 aromatic rings. The van der Waals surface area contributed by atoms with E-state index in [0.717, 1.165) is 0 Å². The Morgan fingerprint density at radius 3 is 1.00 bits per heavy atom. The molecule has 0 unspecified atom stereocenters. The predicted octanol–water partition coefficient (Wildman–Crippen LogP) is -6.24. The summed E-state index contributed by atoms with van der Waals surface area (Å²) in [6.45, 7) is 0. The zero-order valence-corrected chi connectivity index (χ0v) is 9.00. The molecule has 0 aromatic carbocycles. The van der Waals surface area contributed by atoms with Gasteiger partial charge in [-0.3, -0.25) is 4.66 Å². The molecular weight excluding hydrogens is 260 g/mol. The summed E-state index contributed by atoms with van der Waals surface area (Å²) in [6, 6.07) is 0. The quantitative estimate of drug-likeness (QED) is 0.430. The van der Waals surface area contributed by atoms with Gasteiger partial charge in [0.1, 0.15) is 0 Å². The molecule has 1 nitrogen and oxygen atoms in total. The van der Waals surface area contributed by atoms with Crippen molar-refractivity contribution in [3.05, 3.63) is 0 Å². The van der Waals surface area contributed by atoms with Crippen LogP contribution in [0, 0.1) is 0 Å². The van der Waals surface area contributed by atoms with E-state index in [1.165, 1.54) is 0 Å². The molecule has 0 rings (SSSR count). The Balaban J connectivity index is -0.00000000167. The molecule has 0 spiro atoms. The molecule has 0 amide bonds. The van der Waals surface area contributed by atoms with Crippen molar-refractivity contribution in [2.45, 2.75) is 0 Å². The summed E-state index contributed by atoms with van der Waals surface area (Å²) in [5.74, 6) is 0. The second-order valence-corrected chi connectivity index (χ2v) is 0. The van der Waals surface area contributed by atoms with Crippen LogP contribution in [0.4, 0.5) is 0 Å². The van der Waals surface area contributed by atoms with Crippen LogP contribution in [0.1, 0.15) is 0 Å². The standard InChI is InChI=1S/Ba.ClHO.2ClH/c;1-2;;/h;2H;2*1H/q+2;;;/p-2. The average molecular weight is 261 g/mol. The minimum Gasteiger partial charge on any atom is -1.00 e. The van der Waals surface area contributed by atoms with E-state index in [1.807, 2.05) is 0 Å². The van der Waals surface area contributed by atoms with Crippen LogP contribution in [0.5, 0.6) is 0 Å². The summed E-state index contributed by atoms with van der Waals surface area (Å²) in [6.07, 6.45) is 0. The molecule has 0 heterocycles. The maximum absolute atomic E-state index is 6.47. The largest absolute Gasteiger partial charge is 2.00 e. The Labute approximate surface area is 88.5 Å². The zero-order valence-electron chi connectivity index (χ0n) is 2.29. The van der Waals surface area contributed by atoms with E-state index in [4.69, 9.17) is 4.66 Å². The summed E-state index contributed by atoms with van der Waals surface area (Å²) >= 11 is 3.64. The van der Waals surface area contributed by atoms with Gasteiger partial charge in [0.05, 0.1) is 11.9 Å². The maximum Gasteiger partial charge on any atom is 2.00 e. The first-order valence-corrected chi connectivity index (χ1v) is 0.507. The van der Waals surface area contributed by atoms with E-state index in [-0.39, 0.29) is 73.7 Å². The minimum atomic E-state index is 0. The van der Waals surface area contributed by atoms with Crippen molar-refractivity contribution in [3.63, 3.8) is 0 Å². The SMILES string of the molecule is OCl.[Ba+2].[Cl-].[Cl-]. The second kappa shape index (κ2) is 32.4. The minimum absolute atomic E-state index is 0. The first-order chi connectivity index (χ1) is 1.00. The molecule has 5 heavy (non-hydrogen) atoms. The molecule has 0 fully saturated rings. The summed E-state index contributed by atoms with van der Waals surface area (Å²) in [4.78, 5) is 0. The Hall–Kier alpha value is 2.40. The molecule has 0 saturated heterocycles. The smallest absolute Gasteiger partial charge is 1.00 e. The van der Waals surface area contributed by atoms with Crippen molar-refractivity contribution in [2.75, 3.05) is 0 Å². The van der Waals surface area contributed by atoms with Gasteiger partial charge in [-0.1, -0.05) is 0 Å². The van der Waals surface area contributed by atoms with Gasteiger partial charge in [0.15, 0.2) is 0 Å². The zero-order chi connectivity index (χ0) is 2.00. The van der Waals surface area contributed by atoms with Crippen LogP contribution in [0.25, 0.3) is 0 Å². The molecule has 0 atom stereocenters. The summed E-state index contributed by atoms with van der Waals surface area (Å²) < 4.78 is 6.47. The molecule has 0 aromatic heterocycles. The van der Waals surface area contributed by atoms with Crippen LogP contribution >= 0.6 is 11.9 Å². The molecule has 5 heteroatoms. The van der Waals surface area contributed by atoms with Gasteiger partial charge in [-0.15, -0.1) is 0 Å². The van der Waals surface area contributed by atoms with Gasteiger partial charge in [0.25, 0.3) is 0 Å². The molecular formula is HBaCl3O. The molecule has 0 bridgehead atoms. The average Bonchev–Trinajstić information content (AvgIpc) is 1.00. The first-order valence-electron chi connectivity index (χ1n) is 0.169. The van der Waals surface area contributed by atoms with Gasteiger partial charge in [-0.2, -0.15) is 0 Å². The number of halogens is 3. The van der Waals surface area contributed by atoms with Crippen LogP contribution < -0.4 is 24.8 Å². The molecule has 0 radical (unpaired) electrons. The van der Waals surface area contributed by atoms with Gasteiger partial charge in [-0.25, -0.2) is 0 Å². The third-order valence-electron chi connectivity index (χ3n) is 0. The van der Waals surface area contributed by atoms with Crippen molar-refractivity contribution in [1.29, 1.82) is 0 Å². The normalized spacial score (nSPS) is 1.20. The van der Waals surface area contributed by atoms with Crippen LogP contribution in [-0.2, 0) is 0 Å². The number of hydrogen-bond acceptors (Lipinski definition) is 1. The fourth-order valence-corrected chi connectivity index (χ4v) is 0. The molecule has 0 aliphatic heterocycles. The predicted molar refractivity (Wildman–Crippen MR) is 13.8 cm³/mol. The van der Waals surface area contributed by atoms with Crippen molar-refractivity contribution < 1.29 is 29.5 Å². The Kier molecular flexibility index (Phi) is 170. The van der Waals surface area contributed by atoms with Crippen LogP contribution in [-0.4, -0.2) is 53.5 Å². The van der Waals surface area contributed by atoms with E-state index in [1.54, 1.807) is 0 Å². The Bertz CT molecular complexity index is 6.85. The van der Waals surface area contributed by atoms with Crippen molar-refractivity contribution in [3.8, 4) is 0 Å². The van der Waals surface area contributed by atoms with Gasteiger partial charge in [-0.05, 0) is 0 Å². The molecule has 0 saturated carbocycles. The molecule has 30 valence electrons. The molecule has 0 aliphatic carbocycles. The van der Waals surface area contributed by atoms with E-state index in [9.17, 15) is 0 Å². The van der Waals surface area contributed by atoms with Gasteiger partial charge in [0.2, 0.25) is 0 Å². The molecule has 1 N–H and O–H groups in total. The third-order valence-corrected chi connectivity index (χ3v) is 0. The Morgan fingerprint density at radius 2 is 1.00 bits per heavy atom. The monoisotopic (exact) mass is 260 g/mol. The maximum atomic E-state index is 6.47. The summed E-state index contributed by atoms with van der Waals surface area (Å²) in [7, 11) is 0. The van der Waals surface area contributed by atoms with Gasteiger partial charge in [0, 0.05) is 0 Å². The van der Waals surface area contributed by atoms with Gasteiger partial charge < -0.3 is 24.8 Å². The fourth-order valence-electron chi connectivity index (χ4n) is 0. The summed E-state index contributed by atoms with van der Waals surface area (Å²) in [5, 5.41) is 0. The second-order valence-electron chi connectivity index (χ2n) is 0. The van der Waals surface area contributed by atoms with Gasteiger partial charge >= 0.3 is 48.9 Å². The fraction of sp³-hybridized carbons (Fsp3) is 0. The first kappa shape index (κ1) is 26.2. The number of hydrogen-bond donors (Lipinski definition) is 1.